The zero-order chi connectivity index (χ0) is 6.69. The van der Waals surface area contributed by atoms with Crippen LogP contribution in [0.1, 0.15) is 5.82 Å². The van der Waals surface area contributed by atoms with Gasteiger partial charge in [0.2, 0.25) is 0 Å². The van der Waals surface area contributed by atoms with E-state index >= 15 is 0 Å². The Morgan fingerprint density at radius 1 is 1.27 bits per heavy atom. The second-order valence-corrected chi connectivity index (χ2v) is 1.52. The minimum Gasteiger partial charge on any atom is -0.324 e. The molecular weight excluding hydrogens is 192 g/mol. The smallest absolute Gasteiger partial charge is 0.159 e. The molecule has 0 saturated heterocycles. The van der Waals surface area contributed by atoms with Crippen LogP contribution < -0.4 is 5.73 Å². The first-order chi connectivity index (χ1) is 4.33. The molecule has 0 atom stereocenters. The second-order valence-electron chi connectivity index (χ2n) is 1.52. The highest BCUT2D eigenvalue weighted by Gasteiger charge is 1.90. The Morgan fingerprint density at radius 3 is 2.09 bits per heavy atom. The zero-order valence-electron chi connectivity index (χ0n) is 5.53. The van der Waals surface area contributed by atoms with Gasteiger partial charge in [0.1, 0.15) is 5.82 Å². The van der Waals surface area contributed by atoms with Gasteiger partial charge in [-0.15, -0.1) is 24.8 Å². The molecule has 1 heterocycles. The van der Waals surface area contributed by atoms with Crippen LogP contribution >= 0.6 is 24.8 Å². The Kier molecular flexibility index (Phi) is 7.51. The predicted octanol–water partition coefficient (Wildman–Crippen LogP) is 0.918. The molecule has 0 bridgehead atoms. The van der Waals surface area contributed by atoms with Crippen molar-refractivity contribution in [1.82, 2.24) is 9.97 Å². The summed E-state index contributed by atoms with van der Waals surface area (Å²) in [4.78, 5) is 7.17. The summed E-state index contributed by atoms with van der Waals surface area (Å²) < 4.78 is 12.1. The van der Waals surface area contributed by atoms with E-state index in [-0.39, 0.29) is 31.4 Å². The summed E-state index contributed by atoms with van der Waals surface area (Å²) in [6, 6.07) is 0. The standard InChI is InChI=1S/C5H6FN3.2ClH/c6-4-2-8-5(1-7)9-3-4;;/h2-3H,1,7H2;2*1H. The zero-order valence-corrected chi connectivity index (χ0v) is 7.16. The molecule has 64 valence electrons. The van der Waals surface area contributed by atoms with E-state index in [0.717, 1.165) is 12.4 Å². The maximum atomic E-state index is 12.1. The number of halogens is 3. The Bertz CT molecular complexity index is 191. The van der Waals surface area contributed by atoms with Crippen molar-refractivity contribution in [2.24, 2.45) is 5.73 Å². The minimum absolute atomic E-state index is 0. The van der Waals surface area contributed by atoms with Crippen LogP contribution in [-0.2, 0) is 6.54 Å². The van der Waals surface area contributed by atoms with Crippen LogP contribution in [0.25, 0.3) is 0 Å². The number of nitrogens with zero attached hydrogens (tertiary/aromatic N) is 2. The third kappa shape index (κ3) is 4.08. The molecule has 6 heteroatoms. The second kappa shape index (κ2) is 6.27. The quantitative estimate of drug-likeness (QED) is 0.733. The van der Waals surface area contributed by atoms with Gasteiger partial charge in [0, 0.05) is 0 Å². The van der Waals surface area contributed by atoms with E-state index in [1.54, 1.807) is 0 Å². The van der Waals surface area contributed by atoms with Crippen LogP contribution in [0.5, 0.6) is 0 Å². The molecule has 0 radical (unpaired) electrons. The van der Waals surface area contributed by atoms with E-state index in [9.17, 15) is 4.39 Å². The highest BCUT2D eigenvalue weighted by molar-refractivity contribution is 5.85. The topological polar surface area (TPSA) is 51.8 Å². The highest BCUT2D eigenvalue weighted by atomic mass is 35.5. The Balaban J connectivity index is 0. The number of nitrogens with two attached hydrogens (primary N) is 1. The summed E-state index contributed by atoms with van der Waals surface area (Å²) in [7, 11) is 0. The normalized spacial score (nSPS) is 7.82. The summed E-state index contributed by atoms with van der Waals surface area (Å²) in [5, 5.41) is 0. The molecule has 0 amide bonds. The molecule has 0 fully saturated rings. The molecule has 3 nitrogen and oxygen atoms in total. The third-order valence-corrected chi connectivity index (χ3v) is 0.856. The van der Waals surface area contributed by atoms with Crippen molar-refractivity contribution in [3.8, 4) is 0 Å². The summed E-state index contributed by atoms with van der Waals surface area (Å²) in [5.41, 5.74) is 5.15. The van der Waals surface area contributed by atoms with Crippen LogP contribution in [0.4, 0.5) is 4.39 Å². The highest BCUT2D eigenvalue weighted by Crippen LogP contribution is 1.90. The largest absolute Gasteiger partial charge is 0.324 e. The van der Waals surface area contributed by atoms with Gasteiger partial charge in [-0.05, 0) is 0 Å². The minimum atomic E-state index is -0.438. The summed E-state index contributed by atoms with van der Waals surface area (Å²) in [6.07, 6.45) is 2.18. The van der Waals surface area contributed by atoms with Gasteiger partial charge in [-0.1, -0.05) is 0 Å². The molecular formula is C5H8Cl2FN3. The summed E-state index contributed by atoms with van der Waals surface area (Å²) in [6.45, 7) is 0.250. The molecule has 0 aliphatic rings. The Morgan fingerprint density at radius 2 is 1.73 bits per heavy atom. The van der Waals surface area contributed by atoms with Crippen LogP contribution in [0.3, 0.4) is 0 Å². The lowest BCUT2D eigenvalue weighted by Gasteiger charge is -1.90. The van der Waals surface area contributed by atoms with Gasteiger partial charge in [-0.25, -0.2) is 14.4 Å². The molecule has 0 aromatic carbocycles. The lowest BCUT2D eigenvalue weighted by Crippen LogP contribution is -2.02. The van der Waals surface area contributed by atoms with Crippen molar-refractivity contribution >= 4 is 24.8 Å². The number of aromatic nitrogens is 2. The molecule has 0 unspecified atom stereocenters. The van der Waals surface area contributed by atoms with E-state index in [1.165, 1.54) is 0 Å². The van der Waals surface area contributed by atoms with Crippen molar-refractivity contribution in [2.75, 3.05) is 0 Å². The average Bonchev–Trinajstić information content (AvgIpc) is 1.90. The molecule has 1 aromatic heterocycles. The van der Waals surface area contributed by atoms with E-state index in [4.69, 9.17) is 5.73 Å². The fourth-order valence-electron chi connectivity index (χ4n) is 0.444. The monoisotopic (exact) mass is 199 g/mol. The lowest BCUT2D eigenvalue weighted by atomic mass is 10.5. The van der Waals surface area contributed by atoms with Crippen molar-refractivity contribution in [1.29, 1.82) is 0 Å². The van der Waals surface area contributed by atoms with E-state index in [0.29, 0.717) is 5.82 Å². The Hall–Kier alpha value is -0.450. The van der Waals surface area contributed by atoms with Crippen LogP contribution in [0, 0.1) is 5.82 Å². The first kappa shape index (κ1) is 13.2. The lowest BCUT2D eigenvalue weighted by molar-refractivity contribution is 0.608. The maximum absolute atomic E-state index is 12.1. The molecule has 11 heavy (non-hydrogen) atoms. The van der Waals surface area contributed by atoms with Gasteiger partial charge in [0.05, 0.1) is 18.9 Å². The van der Waals surface area contributed by atoms with E-state index in [1.807, 2.05) is 0 Å². The van der Waals surface area contributed by atoms with Crippen LogP contribution in [0.15, 0.2) is 12.4 Å². The molecule has 0 saturated carbocycles. The maximum Gasteiger partial charge on any atom is 0.159 e. The van der Waals surface area contributed by atoms with Gasteiger partial charge in [-0.2, -0.15) is 0 Å². The van der Waals surface area contributed by atoms with Crippen molar-refractivity contribution in [3.63, 3.8) is 0 Å². The molecule has 1 rings (SSSR count). The van der Waals surface area contributed by atoms with Gasteiger partial charge in [-0.3, -0.25) is 0 Å². The fraction of sp³-hybridized carbons (Fsp3) is 0.200. The van der Waals surface area contributed by atoms with E-state index < -0.39 is 5.82 Å². The first-order valence-electron chi connectivity index (χ1n) is 2.49. The van der Waals surface area contributed by atoms with Gasteiger partial charge >= 0.3 is 0 Å². The summed E-state index contributed by atoms with van der Waals surface area (Å²) in [5.74, 6) is 0.0172. The third-order valence-electron chi connectivity index (χ3n) is 0.856. The first-order valence-corrected chi connectivity index (χ1v) is 2.49. The van der Waals surface area contributed by atoms with Gasteiger partial charge in [0.15, 0.2) is 5.82 Å². The summed E-state index contributed by atoms with van der Waals surface area (Å²) >= 11 is 0. The number of hydrogen-bond acceptors (Lipinski definition) is 3. The van der Waals surface area contributed by atoms with Crippen LogP contribution in [0.2, 0.25) is 0 Å². The fourth-order valence-corrected chi connectivity index (χ4v) is 0.444. The molecule has 0 spiro atoms. The Labute approximate surface area is 76.0 Å². The number of hydrogen-bond donors (Lipinski definition) is 1. The number of rotatable bonds is 1. The van der Waals surface area contributed by atoms with Gasteiger partial charge in [0.25, 0.3) is 0 Å². The van der Waals surface area contributed by atoms with E-state index in [2.05, 4.69) is 9.97 Å². The molecule has 1 aromatic rings. The molecule has 2 N–H and O–H groups in total. The average molecular weight is 200 g/mol. The SMILES string of the molecule is Cl.Cl.NCc1ncc(F)cn1. The van der Waals surface area contributed by atoms with Crippen molar-refractivity contribution in [2.45, 2.75) is 6.54 Å². The predicted molar refractivity (Wildman–Crippen MR) is 44.4 cm³/mol. The van der Waals surface area contributed by atoms with Gasteiger partial charge < -0.3 is 5.73 Å². The molecule has 0 aliphatic carbocycles. The molecule has 0 aliphatic heterocycles. The van der Waals surface area contributed by atoms with Crippen LogP contribution in [-0.4, -0.2) is 9.97 Å². The van der Waals surface area contributed by atoms with Crippen molar-refractivity contribution in [3.05, 3.63) is 24.0 Å². The van der Waals surface area contributed by atoms with Crippen molar-refractivity contribution < 1.29 is 4.39 Å².